The number of carbonyl (C=O) groups excluding carboxylic acids is 2. The first-order chi connectivity index (χ1) is 11.0. The third kappa shape index (κ3) is 5.67. The Morgan fingerprint density at radius 1 is 1.26 bits per heavy atom. The van der Waals surface area contributed by atoms with Crippen LogP contribution in [-0.4, -0.2) is 36.1 Å². The molecule has 0 aliphatic carbocycles. The lowest BCUT2D eigenvalue weighted by Crippen LogP contribution is -2.30. The summed E-state index contributed by atoms with van der Waals surface area (Å²) in [6.45, 7) is 8.13. The van der Waals surface area contributed by atoms with Crippen LogP contribution in [-0.2, 0) is 19.1 Å². The number of ether oxygens (including phenoxy) is 2. The van der Waals surface area contributed by atoms with E-state index in [1.165, 1.54) is 6.08 Å². The van der Waals surface area contributed by atoms with Crippen molar-refractivity contribution in [3.63, 3.8) is 0 Å². The Bertz CT molecular complexity index is 590. The second kappa shape index (κ2) is 9.52. The van der Waals surface area contributed by atoms with Crippen LogP contribution in [0.3, 0.4) is 0 Å². The quantitative estimate of drug-likeness (QED) is 0.337. The average molecular weight is 317 g/mol. The maximum atomic E-state index is 11.5. The lowest BCUT2D eigenvalue weighted by molar-refractivity contribution is -0.137. The van der Waals surface area contributed by atoms with Crippen molar-refractivity contribution < 1.29 is 19.1 Å². The van der Waals surface area contributed by atoms with Crippen LogP contribution in [0.25, 0.3) is 0 Å². The zero-order valence-electron chi connectivity index (χ0n) is 14.1. The lowest BCUT2D eigenvalue weighted by atomic mass is 9.95. The second-order valence-corrected chi connectivity index (χ2v) is 4.78. The zero-order valence-corrected chi connectivity index (χ0v) is 14.1. The molecule has 0 saturated heterocycles. The molecule has 0 amide bonds. The van der Waals surface area contributed by atoms with E-state index in [4.69, 9.17) is 9.47 Å². The van der Waals surface area contributed by atoms with E-state index < -0.39 is 11.9 Å². The normalized spacial score (nSPS) is 17.0. The van der Waals surface area contributed by atoms with Crippen molar-refractivity contribution >= 4 is 11.9 Å². The predicted octanol–water partition coefficient (Wildman–Crippen LogP) is 2.55. The van der Waals surface area contributed by atoms with Gasteiger partial charge in [0.2, 0.25) is 0 Å². The fraction of sp³-hybridized carbons (Fsp3) is 0.444. The summed E-state index contributed by atoms with van der Waals surface area (Å²) in [4.78, 5) is 24.7. The van der Waals surface area contributed by atoms with Gasteiger partial charge in [-0.1, -0.05) is 12.8 Å². The van der Waals surface area contributed by atoms with E-state index in [1.807, 2.05) is 26.1 Å². The van der Waals surface area contributed by atoms with Gasteiger partial charge in [0.15, 0.2) is 0 Å². The number of carbonyl (C=O) groups is 2. The molecule has 0 aromatic heterocycles. The largest absolute Gasteiger partial charge is 0.463 e. The Morgan fingerprint density at radius 3 is 2.57 bits per heavy atom. The maximum absolute atomic E-state index is 11.5. The van der Waals surface area contributed by atoms with Crippen LogP contribution < -0.4 is 0 Å². The molecule has 0 saturated carbocycles. The van der Waals surface area contributed by atoms with E-state index in [2.05, 4.69) is 11.8 Å². The highest BCUT2D eigenvalue weighted by molar-refractivity contribution is 5.88. The smallest absolute Gasteiger partial charge is 0.384 e. The summed E-state index contributed by atoms with van der Waals surface area (Å²) >= 11 is 0. The van der Waals surface area contributed by atoms with Crippen LogP contribution in [0.1, 0.15) is 34.1 Å². The minimum absolute atomic E-state index is 0.292. The van der Waals surface area contributed by atoms with Gasteiger partial charge in [0.1, 0.15) is 6.04 Å². The Kier molecular flexibility index (Phi) is 7.69. The van der Waals surface area contributed by atoms with Crippen LogP contribution in [0, 0.1) is 11.8 Å². The first kappa shape index (κ1) is 18.6. The van der Waals surface area contributed by atoms with Gasteiger partial charge in [-0.3, -0.25) is 0 Å². The van der Waals surface area contributed by atoms with Gasteiger partial charge < -0.3 is 14.4 Å². The molecule has 1 heterocycles. The van der Waals surface area contributed by atoms with Gasteiger partial charge in [-0.25, -0.2) is 9.59 Å². The monoisotopic (exact) mass is 317 g/mol. The van der Waals surface area contributed by atoms with Crippen LogP contribution in [0.4, 0.5) is 0 Å². The number of allylic oxidation sites excluding steroid dienone is 2. The second-order valence-electron chi connectivity index (χ2n) is 4.78. The summed E-state index contributed by atoms with van der Waals surface area (Å²) in [5.74, 6) is 4.48. The molecule has 5 nitrogen and oxygen atoms in total. The number of hydrogen-bond donors (Lipinski definition) is 0. The van der Waals surface area contributed by atoms with E-state index in [0.717, 1.165) is 17.6 Å². The lowest BCUT2D eigenvalue weighted by Gasteiger charge is -2.29. The predicted molar refractivity (Wildman–Crippen MR) is 87.9 cm³/mol. The molecule has 0 bridgehead atoms. The van der Waals surface area contributed by atoms with Crippen molar-refractivity contribution in [2.24, 2.45) is 0 Å². The van der Waals surface area contributed by atoms with E-state index in [1.54, 1.807) is 24.9 Å². The van der Waals surface area contributed by atoms with E-state index in [9.17, 15) is 9.59 Å². The summed E-state index contributed by atoms with van der Waals surface area (Å²) in [6, 6.07) is -0.305. The summed E-state index contributed by atoms with van der Waals surface area (Å²) in [5.41, 5.74) is 2.20. The summed E-state index contributed by atoms with van der Waals surface area (Å²) < 4.78 is 9.71. The third-order valence-corrected chi connectivity index (χ3v) is 3.27. The van der Waals surface area contributed by atoms with Crippen molar-refractivity contribution in [2.45, 2.75) is 40.2 Å². The van der Waals surface area contributed by atoms with Crippen LogP contribution in [0.15, 0.2) is 35.7 Å². The van der Waals surface area contributed by atoms with Gasteiger partial charge in [0, 0.05) is 24.4 Å². The number of nitrogens with zero attached hydrogens (tertiary/aromatic N) is 1. The molecule has 0 spiro atoms. The third-order valence-electron chi connectivity index (χ3n) is 3.27. The van der Waals surface area contributed by atoms with Gasteiger partial charge >= 0.3 is 11.9 Å². The van der Waals surface area contributed by atoms with Crippen LogP contribution in [0.5, 0.6) is 0 Å². The number of hydrogen-bond acceptors (Lipinski definition) is 5. The van der Waals surface area contributed by atoms with Crippen molar-refractivity contribution in [3.8, 4) is 11.8 Å². The highest BCUT2D eigenvalue weighted by Gasteiger charge is 2.20. The Hall–Kier alpha value is -2.48. The first-order valence-electron chi connectivity index (χ1n) is 7.71. The molecule has 0 aromatic rings. The van der Waals surface area contributed by atoms with Gasteiger partial charge in [-0.05, 0) is 44.4 Å². The Morgan fingerprint density at radius 2 is 1.96 bits per heavy atom. The standard InChI is InChI=1S/C18H23NO4/c1-5-15-14(4)10-12-19(13-11-18(21)23-7-3)16(15)8-9-17(20)22-6-2/h10-13,16H,5-7H2,1-4H3/b13-11+. The molecule has 5 heteroatoms. The molecule has 1 aliphatic rings. The molecule has 124 valence electrons. The highest BCUT2D eigenvalue weighted by atomic mass is 16.5. The fourth-order valence-electron chi connectivity index (χ4n) is 2.19. The minimum atomic E-state index is -0.551. The number of rotatable bonds is 5. The van der Waals surface area contributed by atoms with Crippen molar-refractivity contribution in [2.75, 3.05) is 13.2 Å². The van der Waals surface area contributed by atoms with Gasteiger partial charge in [-0.2, -0.15) is 0 Å². The molecule has 1 unspecified atom stereocenters. The average Bonchev–Trinajstić information content (AvgIpc) is 2.52. The number of esters is 2. The van der Waals surface area contributed by atoms with E-state index in [0.29, 0.717) is 13.2 Å². The molecular formula is C18H23NO4. The van der Waals surface area contributed by atoms with Gasteiger partial charge in [0.25, 0.3) is 0 Å². The van der Waals surface area contributed by atoms with Crippen molar-refractivity contribution in [3.05, 3.63) is 35.7 Å². The van der Waals surface area contributed by atoms with Crippen LogP contribution in [0.2, 0.25) is 0 Å². The summed E-state index contributed by atoms with van der Waals surface area (Å²) in [6.07, 6.45) is 7.54. The zero-order chi connectivity index (χ0) is 17.2. The van der Waals surface area contributed by atoms with Gasteiger partial charge in [0.05, 0.1) is 13.2 Å². The van der Waals surface area contributed by atoms with E-state index in [-0.39, 0.29) is 6.04 Å². The molecule has 1 rings (SSSR count). The molecule has 1 atom stereocenters. The molecule has 1 aliphatic heterocycles. The molecule has 0 aromatic carbocycles. The SMILES string of the molecule is CCOC(=O)C#CC1C(CC)=C(C)C=CN1/C=C/C(=O)OCC. The summed E-state index contributed by atoms with van der Waals surface area (Å²) in [5, 5.41) is 0. The van der Waals surface area contributed by atoms with E-state index >= 15 is 0 Å². The molecule has 0 N–H and O–H groups in total. The van der Waals surface area contributed by atoms with Crippen molar-refractivity contribution in [1.29, 1.82) is 0 Å². The topological polar surface area (TPSA) is 55.8 Å². The Labute approximate surface area is 137 Å². The molecule has 0 radical (unpaired) electrons. The summed E-state index contributed by atoms with van der Waals surface area (Å²) in [7, 11) is 0. The molecule has 23 heavy (non-hydrogen) atoms. The maximum Gasteiger partial charge on any atom is 0.384 e. The first-order valence-corrected chi connectivity index (χ1v) is 7.71. The minimum Gasteiger partial charge on any atom is -0.463 e. The van der Waals surface area contributed by atoms with Crippen LogP contribution >= 0.6 is 0 Å². The fourth-order valence-corrected chi connectivity index (χ4v) is 2.19. The molecular weight excluding hydrogens is 294 g/mol. The Balaban J connectivity index is 3.01. The van der Waals surface area contributed by atoms with Gasteiger partial charge in [-0.15, -0.1) is 0 Å². The van der Waals surface area contributed by atoms with Crippen molar-refractivity contribution in [1.82, 2.24) is 4.90 Å². The highest BCUT2D eigenvalue weighted by Crippen LogP contribution is 2.24. The molecule has 0 fully saturated rings.